The Morgan fingerprint density at radius 1 is 1.33 bits per heavy atom. The molecule has 0 saturated heterocycles. The normalized spacial score (nSPS) is 16.6. The minimum absolute atomic E-state index is 0.0868. The molecule has 1 amide bonds. The number of hydrogen-bond donors (Lipinski definition) is 1. The van der Waals surface area contributed by atoms with Gasteiger partial charge in [0.1, 0.15) is 11.6 Å². The summed E-state index contributed by atoms with van der Waals surface area (Å²) in [4.78, 5) is 22.8. The molecular weight excluding hydrogens is 233 g/mol. The second-order valence-electron chi connectivity index (χ2n) is 4.69. The first-order valence-electron chi connectivity index (χ1n) is 6.19. The van der Waals surface area contributed by atoms with Crippen molar-refractivity contribution in [1.29, 1.82) is 0 Å². The minimum Gasteiger partial charge on any atom is -0.353 e. The van der Waals surface area contributed by atoms with Gasteiger partial charge in [-0.05, 0) is 30.5 Å². The SMILES string of the molecule is O=C1CCC(NC(=O)Cc2cccc(F)c2)CC1. The Balaban J connectivity index is 1.83. The highest BCUT2D eigenvalue weighted by atomic mass is 19.1. The summed E-state index contributed by atoms with van der Waals surface area (Å²) in [7, 11) is 0. The quantitative estimate of drug-likeness (QED) is 0.890. The first-order chi connectivity index (χ1) is 8.63. The van der Waals surface area contributed by atoms with E-state index in [2.05, 4.69) is 5.32 Å². The van der Waals surface area contributed by atoms with Crippen LogP contribution >= 0.6 is 0 Å². The predicted molar refractivity (Wildman–Crippen MR) is 65.5 cm³/mol. The molecule has 1 N–H and O–H groups in total. The second kappa shape index (κ2) is 5.76. The zero-order valence-corrected chi connectivity index (χ0v) is 10.1. The molecule has 18 heavy (non-hydrogen) atoms. The van der Waals surface area contributed by atoms with Gasteiger partial charge in [0.25, 0.3) is 0 Å². The highest BCUT2D eigenvalue weighted by molar-refractivity contribution is 5.81. The van der Waals surface area contributed by atoms with Crippen molar-refractivity contribution >= 4 is 11.7 Å². The smallest absolute Gasteiger partial charge is 0.224 e. The van der Waals surface area contributed by atoms with Gasteiger partial charge < -0.3 is 5.32 Å². The molecule has 1 aliphatic rings. The number of ketones is 1. The topological polar surface area (TPSA) is 46.2 Å². The summed E-state index contributed by atoms with van der Waals surface area (Å²) in [6, 6.07) is 6.13. The Morgan fingerprint density at radius 3 is 2.72 bits per heavy atom. The molecule has 1 aromatic rings. The maximum Gasteiger partial charge on any atom is 0.224 e. The second-order valence-corrected chi connectivity index (χ2v) is 4.69. The van der Waals surface area contributed by atoms with Crippen LogP contribution in [-0.2, 0) is 16.0 Å². The Kier molecular flexibility index (Phi) is 4.07. The molecule has 0 atom stereocenters. The first-order valence-corrected chi connectivity index (χ1v) is 6.19. The third-order valence-electron chi connectivity index (χ3n) is 3.16. The fraction of sp³-hybridized carbons (Fsp3) is 0.429. The molecule has 96 valence electrons. The summed E-state index contributed by atoms with van der Waals surface area (Å²) >= 11 is 0. The van der Waals surface area contributed by atoms with Gasteiger partial charge in [-0.15, -0.1) is 0 Å². The van der Waals surface area contributed by atoms with E-state index in [4.69, 9.17) is 0 Å². The van der Waals surface area contributed by atoms with E-state index >= 15 is 0 Å². The first kappa shape index (κ1) is 12.7. The lowest BCUT2D eigenvalue weighted by atomic mass is 9.94. The number of hydrogen-bond acceptors (Lipinski definition) is 2. The number of halogens is 1. The molecule has 0 spiro atoms. The molecule has 1 fully saturated rings. The fourth-order valence-electron chi connectivity index (χ4n) is 2.20. The van der Waals surface area contributed by atoms with Crippen LogP contribution in [0, 0.1) is 5.82 Å². The average Bonchev–Trinajstić information content (AvgIpc) is 2.32. The van der Waals surface area contributed by atoms with Gasteiger partial charge in [-0.25, -0.2) is 4.39 Å². The van der Waals surface area contributed by atoms with Gasteiger partial charge in [0.15, 0.2) is 0 Å². The number of nitrogens with one attached hydrogen (secondary N) is 1. The molecule has 0 radical (unpaired) electrons. The predicted octanol–water partition coefficient (Wildman–Crippen LogP) is 2.00. The van der Waals surface area contributed by atoms with Crippen LogP contribution in [0.25, 0.3) is 0 Å². The summed E-state index contributed by atoms with van der Waals surface area (Å²) in [5.74, 6) is -0.172. The van der Waals surface area contributed by atoms with Gasteiger partial charge in [-0.1, -0.05) is 12.1 Å². The van der Waals surface area contributed by atoms with Crippen LogP contribution < -0.4 is 5.32 Å². The molecule has 0 unspecified atom stereocenters. The van der Waals surface area contributed by atoms with E-state index in [-0.39, 0.29) is 30.0 Å². The molecule has 1 saturated carbocycles. The fourth-order valence-corrected chi connectivity index (χ4v) is 2.20. The van der Waals surface area contributed by atoms with E-state index in [1.807, 2.05) is 0 Å². The molecule has 4 heteroatoms. The Labute approximate surface area is 105 Å². The van der Waals surface area contributed by atoms with E-state index in [0.29, 0.717) is 31.2 Å². The van der Waals surface area contributed by atoms with Gasteiger partial charge in [0, 0.05) is 18.9 Å². The third kappa shape index (κ3) is 3.65. The zero-order valence-electron chi connectivity index (χ0n) is 10.1. The molecular formula is C14H16FNO2. The van der Waals surface area contributed by atoms with Gasteiger partial charge >= 0.3 is 0 Å². The molecule has 0 aliphatic heterocycles. The van der Waals surface area contributed by atoms with E-state index in [0.717, 1.165) is 0 Å². The van der Waals surface area contributed by atoms with Crippen molar-refractivity contribution in [2.24, 2.45) is 0 Å². The summed E-state index contributed by atoms with van der Waals surface area (Å²) in [6.45, 7) is 0. The maximum absolute atomic E-state index is 13.0. The average molecular weight is 249 g/mol. The van der Waals surface area contributed by atoms with E-state index in [1.165, 1.54) is 12.1 Å². The van der Waals surface area contributed by atoms with Crippen LogP contribution in [0.1, 0.15) is 31.2 Å². The lowest BCUT2D eigenvalue weighted by Gasteiger charge is -2.22. The van der Waals surface area contributed by atoms with Crippen molar-refractivity contribution in [1.82, 2.24) is 5.32 Å². The van der Waals surface area contributed by atoms with Crippen LogP contribution in [-0.4, -0.2) is 17.7 Å². The molecule has 0 aromatic heterocycles. The van der Waals surface area contributed by atoms with Crippen LogP contribution in [0.15, 0.2) is 24.3 Å². The highest BCUT2D eigenvalue weighted by Gasteiger charge is 2.20. The molecule has 0 bridgehead atoms. The number of rotatable bonds is 3. The zero-order chi connectivity index (χ0) is 13.0. The van der Waals surface area contributed by atoms with E-state index in [1.54, 1.807) is 12.1 Å². The molecule has 2 rings (SSSR count). The van der Waals surface area contributed by atoms with Crippen molar-refractivity contribution < 1.29 is 14.0 Å². The molecule has 3 nitrogen and oxygen atoms in total. The van der Waals surface area contributed by atoms with Crippen LogP contribution in [0.5, 0.6) is 0 Å². The van der Waals surface area contributed by atoms with E-state index in [9.17, 15) is 14.0 Å². The largest absolute Gasteiger partial charge is 0.353 e. The molecule has 0 heterocycles. The summed E-state index contributed by atoms with van der Waals surface area (Å²) in [5, 5.41) is 2.89. The number of benzene rings is 1. The summed E-state index contributed by atoms with van der Waals surface area (Å²) in [5.41, 5.74) is 0.666. The summed E-state index contributed by atoms with van der Waals surface area (Å²) < 4.78 is 13.0. The van der Waals surface area contributed by atoms with Gasteiger partial charge in [-0.2, -0.15) is 0 Å². The minimum atomic E-state index is -0.330. The van der Waals surface area contributed by atoms with Crippen molar-refractivity contribution in [3.8, 4) is 0 Å². The van der Waals surface area contributed by atoms with E-state index < -0.39 is 0 Å². The lowest BCUT2D eigenvalue weighted by Crippen LogP contribution is -2.38. The molecule has 1 aromatic carbocycles. The Bertz CT molecular complexity index is 449. The van der Waals surface area contributed by atoms with Gasteiger partial charge in [0.05, 0.1) is 6.42 Å². The lowest BCUT2D eigenvalue weighted by molar-refractivity contribution is -0.124. The number of Topliss-reactive ketones (excluding diaryl/α,β-unsaturated/α-hetero) is 1. The number of carbonyl (C=O) groups is 2. The van der Waals surface area contributed by atoms with Crippen LogP contribution in [0.2, 0.25) is 0 Å². The monoisotopic (exact) mass is 249 g/mol. The standard InChI is InChI=1S/C14H16FNO2/c15-11-3-1-2-10(8-11)9-14(18)16-12-4-6-13(17)7-5-12/h1-3,8,12H,4-7,9H2,(H,16,18). The Hall–Kier alpha value is -1.71. The number of carbonyl (C=O) groups excluding carboxylic acids is 2. The Morgan fingerprint density at radius 2 is 2.06 bits per heavy atom. The van der Waals surface area contributed by atoms with Gasteiger partial charge in [0.2, 0.25) is 5.91 Å². The van der Waals surface area contributed by atoms with Crippen LogP contribution in [0.4, 0.5) is 4.39 Å². The van der Waals surface area contributed by atoms with Crippen molar-refractivity contribution in [3.63, 3.8) is 0 Å². The van der Waals surface area contributed by atoms with Gasteiger partial charge in [-0.3, -0.25) is 9.59 Å². The highest BCUT2D eigenvalue weighted by Crippen LogP contribution is 2.15. The van der Waals surface area contributed by atoms with Crippen molar-refractivity contribution in [2.75, 3.05) is 0 Å². The maximum atomic E-state index is 13.0. The molecule has 1 aliphatic carbocycles. The summed E-state index contributed by atoms with van der Waals surface area (Å²) in [6.07, 6.45) is 2.71. The third-order valence-corrected chi connectivity index (χ3v) is 3.16. The van der Waals surface area contributed by atoms with Crippen LogP contribution in [0.3, 0.4) is 0 Å². The number of amides is 1. The van der Waals surface area contributed by atoms with Crippen molar-refractivity contribution in [3.05, 3.63) is 35.6 Å². The van der Waals surface area contributed by atoms with Crippen molar-refractivity contribution in [2.45, 2.75) is 38.1 Å².